The van der Waals surface area contributed by atoms with Gasteiger partial charge >= 0.3 is 0 Å². The highest BCUT2D eigenvalue weighted by Crippen LogP contribution is 2.28. The Morgan fingerprint density at radius 2 is 2.00 bits per heavy atom. The fraction of sp³-hybridized carbons (Fsp3) is 0.542. The number of allylic oxidation sites excluding steroid dienone is 2. The average Bonchev–Trinajstić information content (AvgIpc) is 3.09. The molecule has 0 bridgehead atoms. The van der Waals surface area contributed by atoms with Gasteiger partial charge in [-0.3, -0.25) is 4.79 Å². The first kappa shape index (κ1) is 21.4. The van der Waals surface area contributed by atoms with E-state index >= 15 is 0 Å². The number of fused-ring (bicyclic) bond motifs is 1. The Labute approximate surface area is 174 Å². The molecular weight excluding hydrogens is 360 g/mol. The molecular formula is C24H36N4O. The lowest BCUT2D eigenvalue weighted by atomic mass is 10.1. The molecule has 2 heterocycles. The number of rotatable bonds is 9. The first-order valence-corrected chi connectivity index (χ1v) is 11.1. The predicted molar refractivity (Wildman–Crippen MR) is 122 cm³/mol. The van der Waals surface area contributed by atoms with E-state index in [-0.39, 0.29) is 11.8 Å². The van der Waals surface area contributed by atoms with E-state index in [9.17, 15) is 4.79 Å². The number of nitrogens with two attached hydrogens (primary N) is 1. The molecule has 1 aliphatic heterocycles. The quantitative estimate of drug-likeness (QED) is 0.365. The minimum atomic E-state index is 0.0752. The zero-order valence-electron chi connectivity index (χ0n) is 18.2. The SMILES string of the molecule is CCCC=C(NCCN1CCCCC1)C(=O)c1cn(C(C)C)c2cc(N)ccc12. The first-order valence-electron chi connectivity index (χ1n) is 11.1. The van der Waals surface area contributed by atoms with Gasteiger partial charge in [-0.05, 0) is 58.3 Å². The smallest absolute Gasteiger partial charge is 0.210 e. The van der Waals surface area contributed by atoms with Crippen molar-refractivity contribution in [2.75, 3.05) is 31.9 Å². The fourth-order valence-corrected chi connectivity index (χ4v) is 4.09. The lowest BCUT2D eigenvalue weighted by Gasteiger charge is -2.26. The summed E-state index contributed by atoms with van der Waals surface area (Å²) >= 11 is 0. The van der Waals surface area contributed by atoms with E-state index in [2.05, 4.69) is 41.6 Å². The molecule has 2 aromatic rings. The molecule has 1 fully saturated rings. The van der Waals surface area contributed by atoms with Gasteiger partial charge in [0.15, 0.2) is 0 Å². The summed E-state index contributed by atoms with van der Waals surface area (Å²) in [6.45, 7) is 10.5. The second kappa shape index (κ2) is 9.97. The van der Waals surface area contributed by atoms with Crippen LogP contribution in [-0.2, 0) is 0 Å². The monoisotopic (exact) mass is 396 g/mol. The number of carbonyl (C=O) groups excluding carboxylic acids is 1. The zero-order valence-corrected chi connectivity index (χ0v) is 18.2. The van der Waals surface area contributed by atoms with Crippen LogP contribution in [0.5, 0.6) is 0 Å². The second-order valence-electron chi connectivity index (χ2n) is 8.39. The van der Waals surface area contributed by atoms with Crippen molar-refractivity contribution in [2.24, 2.45) is 0 Å². The normalized spacial score (nSPS) is 15.9. The standard InChI is InChI=1S/C24H36N4O/c1-4-5-9-22(26-12-15-27-13-7-6-8-14-27)24(29)21-17-28(18(2)3)23-16-19(25)10-11-20(21)23/h9-11,16-18,26H,4-8,12-15,25H2,1-3H3. The number of hydrogen-bond acceptors (Lipinski definition) is 4. The van der Waals surface area contributed by atoms with E-state index in [0.717, 1.165) is 53.8 Å². The van der Waals surface area contributed by atoms with E-state index in [1.807, 2.05) is 24.4 Å². The molecule has 0 saturated carbocycles. The van der Waals surface area contributed by atoms with Crippen LogP contribution >= 0.6 is 0 Å². The highest BCUT2D eigenvalue weighted by atomic mass is 16.1. The summed E-state index contributed by atoms with van der Waals surface area (Å²) in [7, 11) is 0. The van der Waals surface area contributed by atoms with Crippen molar-refractivity contribution in [1.82, 2.24) is 14.8 Å². The zero-order chi connectivity index (χ0) is 20.8. The van der Waals surface area contributed by atoms with Gasteiger partial charge < -0.3 is 20.5 Å². The van der Waals surface area contributed by atoms with Crippen molar-refractivity contribution in [3.63, 3.8) is 0 Å². The summed E-state index contributed by atoms with van der Waals surface area (Å²) < 4.78 is 2.14. The Balaban J connectivity index is 1.82. The summed E-state index contributed by atoms with van der Waals surface area (Å²) in [5.41, 5.74) is 9.23. The third-order valence-corrected chi connectivity index (χ3v) is 5.73. The maximum absolute atomic E-state index is 13.5. The van der Waals surface area contributed by atoms with E-state index in [1.54, 1.807) is 0 Å². The number of Topliss-reactive ketones (excluding diaryl/α,β-unsaturated/α-hetero) is 1. The van der Waals surface area contributed by atoms with E-state index in [1.165, 1.54) is 32.4 Å². The number of unbranched alkanes of at least 4 members (excludes halogenated alkanes) is 1. The van der Waals surface area contributed by atoms with Gasteiger partial charge in [0.05, 0.1) is 11.2 Å². The number of nitrogens with one attached hydrogen (secondary N) is 1. The van der Waals surface area contributed by atoms with Crippen LogP contribution in [0.3, 0.4) is 0 Å². The number of nitrogen functional groups attached to an aromatic ring is 1. The van der Waals surface area contributed by atoms with E-state index in [4.69, 9.17) is 5.73 Å². The number of hydrogen-bond donors (Lipinski definition) is 2. The van der Waals surface area contributed by atoms with Crippen molar-refractivity contribution in [3.8, 4) is 0 Å². The van der Waals surface area contributed by atoms with Gasteiger partial charge in [0.2, 0.25) is 5.78 Å². The minimum Gasteiger partial charge on any atom is -0.399 e. The highest BCUT2D eigenvalue weighted by molar-refractivity contribution is 6.16. The van der Waals surface area contributed by atoms with Gasteiger partial charge in [-0.25, -0.2) is 0 Å². The van der Waals surface area contributed by atoms with Gasteiger partial charge in [0.25, 0.3) is 0 Å². The van der Waals surface area contributed by atoms with Crippen molar-refractivity contribution in [1.29, 1.82) is 0 Å². The second-order valence-corrected chi connectivity index (χ2v) is 8.39. The van der Waals surface area contributed by atoms with Crippen molar-refractivity contribution < 1.29 is 4.79 Å². The summed E-state index contributed by atoms with van der Waals surface area (Å²) in [6.07, 6.45) is 9.89. The molecule has 1 aromatic heterocycles. The number of ketones is 1. The summed E-state index contributed by atoms with van der Waals surface area (Å²) in [4.78, 5) is 16.0. The van der Waals surface area contributed by atoms with Crippen molar-refractivity contribution >= 4 is 22.4 Å². The lowest BCUT2D eigenvalue weighted by Crippen LogP contribution is -2.36. The number of benzene rings is 1. The molecule has 3 N–H and O–H groups in total. The van der Waals surface area contributed by atoms with Gasteiger partial charge in [-0.15, -0.1) is 0 Å². The Bertz CT molecular complexity index is 859. The molecule has 5 heteroatoms. The molecule has 0 atom stereocenters. The first-order chi connectivity index (χ1) is 14.0. The lowest BCUT2D eigenvalue weighted by molar-refractivity contribution is 0.102. The Morgan fingerprint density at radius 3 is 2.69 bits per heavy atom. The topological polar surface area (TPSA) is 63.3 Å². The maximum Gasteiger partial charge on any atom is 0.210 e. The number of aromatic nitrogens is 1. The van der Waals surface area contributed by atoms with Gasteiger partial charge in [0.1, 0.15) is 0 Å². The number of carbonyl (C=O) groups is 1. The molecule has 0 spiro atoms. The molecule has 0 radical (unpaired) electrons. The molecule has 5 nitrogen and oxygen atoms in total. The maximum atomic E-state index is 13.5. The Hall–Kier alpha value is -2.27. The Kier molecular flexibility index (Phi) is 7.37. The molecule has 1 saturated heterocycles. The summed E-state index contributed by atoms with van der Waals surface area (Å²) in [6, 6.07) is 6.08. The largest absolute Gasteiger partial charge is 0.399 e. The van der Waals surface area contributed by atoms with Crippen LogP contribution in [0.2, 0.25) is 0 Å². The molecule has 158 valence electrons. The fourth-order valence-electron chi connectivity index (χ4n) is 4.09. The molecule has 29 heavy (non-hydrogen) atoms. The molecule has 1 aromatic carbocycles. The van der Waals surface area contributed by atoms with Crippen LogP contribution in [0.1, 0.15) is 69.3 Å². The molecule has 1 aliphatic rings. The summed E-state index contributed by atoms with van der Waals surface area (Å²) in [5, 5.41) is 4.42. The third kappa shape index (κ3) is 5.21. The number of anilines is 1. The predicted octanol–water partition coefficient (Wildman–Crippen LogP) is 4.75. The Morgan fingerprint density at radius 1 is 1.24 bits per heavy atom. The number of nitrogens with zero attached hydrogens (tertiary/aromatic N) is 2. The minimum absolute atomic E-state index is 0.0752. The van der Waals surface area contributed by atoms with E-state index in [0.29, 0.717) is 0 Å². The molecule has 0 aliphatic carbocycles. The summed E-state index contributed by atoms with van der Waals surface area (Å²) in [5.74, 6) is 0.0752. The third-order valence-electron chi connectivity index (χ3n) is 5.73. The molecule has 3 rings (SSSR count). The molecule has 0 amide bonds. The van der Waals surface area contributed by atoms with Crippen molar-refractivity contribution in [2.45, 2.75) is 58.9 Å². The van der Waals surface area contributed by atoms with Crippen LogP contribution in [0.25, 0.3) is 10.9 Å². The van der Waals surface area contributed by atoms with Gasteiger partial charge in [-0.1, -0.05) is 31.9 Å². The van der Waals surface area contributed by atoms with Crippen molar-refractivity contribution in [3.05, 3.63) is 41.7 Å². The van der Waals surface area contributed by atoms with Crippen LogP contribution in [-0.4, -0.2) is 41.4 Å². The average molecular weight is 397 g/mol. The van der Waals surface area contributed by atoms with Gasteiger partial charge in [0, 0.05) is 42.0 Å². The van der Waals surface area contributed by atoms with Crippen LogP contribution in [0.15, 0.2) is 36.2 Å². The highest BCUT2D eigenvalue weighted by Gasteiger charge is 2.20. The van der Waals surface area contributed by atoms with Crippen LogP contribution in [0, 0.1) is 0 Å². The van der Waals surface area contributed by atoms with Crippen LogP contribution in [0.4, 0.5) is 5.69 Å². The number of likely N-dealkylation sites (tertiary alicyclic amines) is 1. The van der Waals surface area contributed by atoms with Gasteiger partial charge in [-0.2, -0.15) is 0 Å². The number of piperidine rings is 1. The van der Waals surface area contributed by atoms with Crippen LogP contribution < -0.4 is 11.1 Å². The molecule has 0 unspecified atom stereocenters. The van der Waals surface area contributed by atoms with E-state index < -0.39 is 0 Å².